The first-order chi connectivity index (χ1) is 9.94. The Hall–Kier alpha value is -2.36. The lowest BCUT2D eigenvalue weighted by Crippen LogP contribution is -2.23. The van der Waals surface area contributed by atoms with E-state index in [1.807, 2.05) is 30.5 Å². The molecule has 0 unspecified atom stereocenters. The zero-order chi connectivity index (χ0) is 15.3. The summed E-state index contributed by atoms with van der Waals surface area (Å²) >= 11 is 0. The summed E-state index contributed by atoms with van der Waals surface area (Å²) in [6.07, 6.45) is 4.87. The third-order valence-corrected chi connectivity index (χ3v) is 2.65. The summed E-state index contributed by atoms with van der Waals surface area (Å²) in [5, 5.41) is 1.09. The molecular weight excluding hydrogens is 266 g/mol. The van der Waals surface area contributed by atoms with Crippen LogP contribution in [-0.2, 0) is 15.9 Å². The van der Waals surface area contributed by atoms with Crippen LogP contribution in [0.2, 0.25) is 0 Å². The molecule has 0 fully saturated rings. The normalized spacial score (nSPS) is 11.8. The number of carbonyl (C=O) groups excluding carboxylic acids is 1. The molecule has 0 N–H and O–H groups in total. The summed E-state index contributed by atoms with van der Waals surface area (Å²) in [5.41, 5.74) is 1.47. The van der Waals surface area contributed by atoms with Gasteiger partial charge in [-0.15, -0.1) is 0 Å². The molecule has 110 valence electrons. The van der Waals surface area contributed by atoms with Crippen LogP contribution in [-0.4, -0.2) is 16.7 Å². The lowest BCUT2D eigenvalue weighted by molar-refractivity contribution is 0.0110. The second-order valence-electron chi connectivity index (χ2n) is 5.69. The summed E-state index contributed by atoms with van der Waals surface area (Å²) in [6, 6.07) is 10.0. The van der Waals surface area contributed by atoms with Gasteiger partial charge in [0.1, 0.15) is 5.60 Å². The predicted octanol–water partition coefficient (Wildman–Crippen LogP) is 4.24. The monoisotopic (exact) mass is 285 g/mol. The van der Waals surface area contributed by atoms with Gasteiger partial charge < -0.3 is 9.47 Å². The van der Waals surface area contributed by atoms with E-state index in [2.05, 4.69) is 11.1 Å². The minimum Gasteiger partial charge on any atom is -0.428 e. The van der Waals surface area contributed by atoms with Gasteiger partial charge >= 0.3 is 6.16 Å². The van der Waals surface area contributed by atoms with Crippen molar-refractivity contribution in [2.24, 2.45) is 0 Å². The van der Waals surface area contributed by atoms with Crippen LogP contribution in [0.4, 0.5) is 4.79 Å². The second-order valence-corrected chi connectivity index (χ2v) is 5.69. The highest BCUT2D eigenvalue weighted by atomic mass is 16.7. The number of hydrogen-bond donors (Lipinski definition) is 0. The molecule has 0 atom stereocenters. The maximum atomic E-state index is 11.3. The molecule has 0 amide bonds. The number of ether oxygens (including phenoxy) is 2. The maximum Gasteiger partial charge on any atom is 0.513 e. The van der Waals surface area contributed by atoms with Crippen LogP contribution in [0.3, 0.4) is 0 Å². The number of benzene rings is 1. The topological polar surface area (TPSA) is 48.4 Å². The average Bonchev–Trinajstić information content (AvgIpc) is 2.41. The zero-order valence-corrected chi connectivity index (χ0v) is 12.5. The van der Waals surface area contributed by atoms with Crippen LogP contribution in [0.5, 0.6) is 0 Å². The molecule has 1 aromatic heterocycles. The van der Waals surface area contributed by atoms with Crippen molar-refractivity contribution in [3.63, 3.8) is 0 Å². The smallest absolute Gasteiger partial charge is 0.428 e. The molecule has 0 saturated carbocycles. The average molecular weight is 285 g/mol. The van der Waals surface area contributed by atoms with Gasteiger partial charge in [0.05, 0.1) is 11.8 Å². The van der Waals surface area contributed by atoms with E-state index < -0.39 is 11.8 Å². The fraction of sp³-hybridized carbons (Fsp3) is 0.294. The molecule has 1 heterocycles. The number of fused-ring (bicyclic) bond motifs is 1. The molecule has 0 spiro atoms. The van der Waals surface area contributed by atoms with Gasteiger partial charge in [-0.25, -0.2) is 4.79 Å². The number of rotatable bonds is 3. The van der Waals surface area contributed by atoms with Crippen molar-refractivity contribution in [3.05, 3.63) is 54.4 Å². The molecule has 0 aliphatic rings. The Morgan fingerprint density at radius 3 is 2.81 bits per heavy atom. The van der Waals surface area contributed by atoms with E-state index in [0.29, 0.717) is 6.42 Å². The Morgan fingerprint density at radius 1 is 1.29 bits per heavy atom. The number of nitrogens with zero attached hydrogens (tertiary/aromatic N) is 1. The van der Waals surface area contributed by atoms with E-state index >= 15 is 0 Å². The first kappa shape index (κ1) is 15.0. The molecule has 0 radical (unpaired) electrons. The Kier molecular flexibility index (Phi) is 4.58. The predicted molar refractivity (Wildman–Crippen MR) is 81.9 cm³/mol. The van der Waals surface area contributed by atoms with E-state index in [4.69, 9.17) is 9.47 Å². The third-order valence-electron chi connectivity index (χ3n) is 2.65. The van der Waals surface area contributed by atoms with Gasteiger partial charge in [0.2, 0.25) is 0 Å². The number of aromatic nitrogens is 1. The summed E-state index contributed by atoms with van der Waals surface area (Å²) in [5.74, 6) is 0. The first-order valence-corrected chi connectivity index (χ1v) is 6.82. The summed E-state index contributed by atoms with van der Waals surface area (Å²) < 4.78 is 9.89. The first-order valence-electron chi connectivity index (χ1n) is 6.82. The molecule has 21 heavy (non-hydrogen) atoms. The van der Waals surface area contributed by atoms with Crippen molar-refractivity contribution in [3.8, 4) is 0 Å². The van der Waals surface area contributed by atoms with Gasteiger partial charge in [0.15, 0.2) is 0 Å². The van der Waals surface area contributed by atoms with Crippen molar-refractivity contribution in [2.45, 2.75) is 32.8 Å². The van der Waals surface area contributed by atoms with E-state index in [0.717, 1.165) is 16.5 Å². The van der Waals surface area contributed by atoms with Gasteiger partial charge in [0.25, 0.3) is 0 Å². The minimum absolute atomic E-state index is 0.548. The number of allylic oxidation sites excluding steroid dienone is 1. The summed E-state index contributed by atoms with van der Waals surface area (Å²) in [6.45, 7) is 5.37. The van der Waals surface area contributed by atoms with Crippen molar-refractivity contribution < 1.29 is 14.3 Å². The van der Waals surface area contributed by atoms with E-state index in [1.54, 1.807) is 26.8 Å². The van der Waals surface area contributed by atoms with E-state index in [1.165, 1.54) is 6.26 Å². The quantitative estimate of drug-likeness (QED) is 0.625. The Bertz CT molecular complexity index is 656. The molecule has 4 heteroatoms. The third kappa shape index (κ3) is 4.91. The fourth-order valence-corrected chi connectivity index (χ4v) is 1.79. The van der Waals surface area contributed by atoms with Crippen LogP contribution in [0.25, 0.3) is 10.9 Å². The van der Waals surface area contributed by atoms with Gasteiger partial charge in [-0.3, -0.25) is 4.98 Å². The largest absolute Gasteiger partial charge is 0.513 e. The SMILES string of the molecule is CC(C)(C)OC(=O)OC=CCc1cnc2ccccc2c1. The number of pyridine rings is 1. The molecule has 1 aromatic carbocycles. The standard InChI is InChI=1S/C17H19NO3/c1-17(2,3)21-16(19)20-10-6-7-13-11-14-8-4-5-9-15(14)18-12-13/h4-6,8-12H,7H2,1-3H3. The van der Waals surface area contributed by atoms with Gasteiger partial charge in [-0.2, -0.15) is 0 Å². The van der Waals surface area contributed by atoms with Crippen LogP contribution >= 0.6 is 0 Å². The van der Waals surface area contributed by atoms with E-state index in [9.17, 15) is 4.79 Å². The zero-order valence-electron chi connectivity index (χ0n) is 12.5. The number of para-hydroxylation sites is 1. The van der Waals surface area contributed by atoms with Crippen LogP contribution in [0.15, 0.2) is 48.9 Å². The van der Waals surface area contributed by atoms with Gasteiger partial charge in [-0.05, 0) is 51.0 Å². The Morgan fingerprint density at radius 2 is 2.05 bits per heavy atom. The van der Waals surface area contributed by atoms with Crippen molar-refractivity contribution in [1.29, 1.82) is 0 Å². The number of hydrogen-bond acceptors (Lipinski definition) is 4. The molecule has 0 aliphatic carbocycles. The highest BCUT2D eigenvalue weighted by molar-refractivity contribution is 5.78. The fourth-order valence-electron chi connectivity index (χ4n) is 1.79. The minimum atomic E-state index is -0.699. The Balaban J connectivity index is 1.89. The molecule has 2 rings (SSSR count). The van der Waals surface area contributed by atoms with Crippen LogP contribution < -0.4 is 0 Å². The lowest BCUT2D eigenvalue weighted by atomic mass is 10.1. The molecule has 4 nitrogen and oxygen atoms in total. The lowest BCUT2D eigenvalue weighted by Gasteiger charge is -2.17. The molecule has 0 aliphatic heterocycles. The van der Waals surface area contributed by atoms with Crippen LogP contribution in [0.1, 0.15) is 26.3 Å². The number of carbonyl (C=O) groups is 1. The summed E-state index contributed by atoms with van der Waals surface area (Å²) in [7, 11) is 0. The molecule has 0 saturated heterocycles. The van der Waals surface area contributed by atoms with Crippen molar-refractivity contribution >= 4 is 17.1 Å². The van der Waals surface area contributed by atoms with Gasteiger partial charge in [-0.1, -0.05) is 18.2 Å². The second kappa shape index (κ2) is 6.39. The van der Waals surface area contributed by atoms with Gasteiger partial charge in [0, 0.05) is 11.6 Å². The van der Waals surface area contributed by atoms with Crippen molar-refractivity contribution in [1.82, 2.24) is 4.98 Å². The van der Waals surface area contributed by atoms with Crippen LogP contribution in [0, 0.1) is 0 Å². The maximum absolute atomic E-state index is 11.3. The molecular formula is C17H19NO3. The Labute approximate surface area is 124 Å². The summed E-state index contributed by atoms with van der Waals surface area (Å²) in [4.78, 5) is 15.7. The highest BCUT2D eigenvalue weighted by Crippen LogP contribution is 2.13. The molecule has 2 aromatic rings. The van der Waals surface area contributed by atoms with Crippen molar-refractivity contribution in [2.75, 3.05) is 0 Å². The molecule has 0 bridgehead atoms. The highest BCUT2D eigenvalue weighted by Gasteiger charge is 2.16. The van der Waals surface area contributed by atoms with E-state index in [-0.39, 0.29) is 0 Å².